The Morgan fingerprint density at radius 3 is 2.78 bits per heavy atom. The molecule has 0 aliphatic rings. The summed E-state index contributed by atoms with van der Waals surface area (Å²) in [5.41, 5.74) is 7.24. The molecule has 96 valence electrons. The van der Waals surface area contributed by atoms with Crippen LogP contribution in [0.5, 0.6) is 5.75 Å². The number of nitrogens with zero attached hydrogens (tertiary/aromatic N) is 1. The summed E-state index contributed by atoms with van der Waals surface area (Å²) in [6.07, 6.45) is 1.56. The average molecular weight is 246 g/mol. The molecule has 2 N–H and O–H groups in total. The zero-order valence-electron chi connectivity index (χ0n) is 10.8. The third-order valence-corrected chi connectivity index (χ3v) is 3.16. The number of benzene rings is 1. The maximum atomic E-state index is 12.2. The molecule has 0 amide bonds. The Morgan fingerprint density at radius 1 is 1.33 bits per heavy atom. The number of hydrogen-bond donors (Lipinski definition) is 1. The molecular formula is C14H18N2O2. The van der Waals surface area contributed by atoms with Gasteiger partial charge in [-0.2, -0.15) is 0 Å². The predicted molar refractivity (Wildman–Crippen MR) is 73.1 cm³/mol. The summed E-state index contributed by atoms with van der Waals surface area (Å²) >= 11 is 0. The highest BCUT2D eigenvalue weighted by atomic mass is 16.5. The minimum atomic E-state index is 0.0456. The molecular weight excluding hydrogens is 228 g/mol. The Balaban J connectivity index is 2.59. The van der Waals surface area contributed by atoms with Crippen LogP contribution in [0.15, 0.2) is 29.1 Å². The summed E-state index contributed by atoms with van der Waals surface area (Å²) in [5.74, 6) is 0.757. The van der Waals surface area contributed by atoms with Gasteiger partial charge in [-0.25, -0.2) is 0 Å². The van der Waals surface area contributed by atoms with Crippen LogP contribution in [0.1, 0.15) is 12.0 Å². The number of pyridine rings is 1. The Hall–Kier alpha value is -1.81. The van der Waals surface area contributed by atoms with E-state index in [2.05, 4.69) is 0 Å². The van der Waals surface area contributed by atoms with Crippen LogP contribution in [0.3, 0.4) is 0 Å². The number of ether oxygens (including phenoxy) is 1. The van der Waals surface area contributed by atoms with Crippen molar-refractivity contribution in [1.82, 2.24) is 4.57 Å². The van der Waals surface area contributed by atoms with Gasteiger partial charge in [0.15, 0.2) is 0 Å². The van der Waals surface area contributed by atoms with Crippen molar-refractivity contribution in [2.45, 2.75) is 12.8 Å². The van der Waals surface area contributed by atoms with E-state index >= 15 is 0 Å². The van der Waals surface area contributed by atoms with Gasteiger partial charge in [0, 0.05) is 18.7 Å². The van der Waals surface area contributed by atoms with Gasteiger partial charge in [-0.05, 0) is 43.0 Å². The highest BCUT2D eigenvalue weighted by molar-refractivity contribution is 5.81. The zero-order valence-corrected chi connectivity index (χ0v) is 10.8. The first kappa shape index (κ1) is 12.6. The number of aryl methyl sites for hydroxylation is 2. The van der Waals surface area contributed by atoms with Gasteiger partial charge in [-0.1, -0.05) is 0 Å². The first-order chi connectivity index (χ1) is 8.67. The van der Waals surface area contributed by atoms with Gasteiger partial charge in [0.25, 0.3) is 5.56 Å². The average Bonchev–Trinajstić information content (AvgIpc) is 2.41. The van der Waals surface area contributed by atoms with Crippen LogP contribution in [0.25, 0.3) is 10.9 Å². The van der Waals surface area contributed by atoms with Gasteiger partial charge in [-0.3, -0.25) is 4.79 Å². The standard InChI is InChI=1S/C14H18N2O2/c1-16-13-9-12(18-2)6-5-10(13)8-11(14(16)17)4-3-7-15/h5-6,8-9H,3-4,7,15H2,1-2H3. The topological polar surface area (TPSA) is 57.2 Å². The molecule has 0 aliphatic carbocycles. The van der Waals surface area contributed by atoms with Gasteiger partial charge >= 0.3 is 0 Å². The maximum Gasteiger partial charge on any atom is 0.253 e. The molecule has 1 aromatic heterocycles. The van der Waals surface area contributed by atoms with Crippen molar-refractivity contribution >= 4 is 10.9 Å². The van der Waals surface area contributed by atoms with Gasteiger partial charge in [0.1, 0.15) is 5.75 Å². The van der Waals surface area contributed by atoms with Crippen molar-refractivity contribution in [3.63, 3.8) is 0 Å². The Kier molecular flexibility index (Phi) is 3.67. The SMILES string of the molecule is COc1ccc2cc(CCCN)c(=O)n(C)c2c1. The lowest BCUT2D eigenvalue weighted by molar-refractivity contribution is 0.415. The van der Waals surface area contributed by atoms with Crippen molar-refractivity contribution in [1.29, 1.82) is 0 Å². The Morgan fingerprint density at radius 2 is 2.11 bits per heavy atom. The number of hydrogen-bond acceptors (Lipinski definition) is 3. The summed E-state index contributed by atoms with van der Waals surface area (Å²) in [5, 5.41) is 1.05. The molecule has 0 atom stereocenters. The summed E-state index contributed by atoms with van der Waals surface area (Å²) in [6.45, 7) is 0.601. The molecule has 0 bridgehead atoms. The van der Waals surface area contributed by atoms with E-state index in [0.717, 1.165) is 35.1 Å². The van der Waals surface area contributed by atoms with E-state index in [1.54, 1.807) is 18.7 Å². The van der Waals surface area contributed by atoms with Crippen molar-refractivity contribution in [2.24, 2.45) is 12.8 Å². The first-order valence-corrected chi connectivity index (χ1v) is 6.04. The lowest BCUT2D eigenvalue weighted by atomic mass is 10.1. The van der Waals surface area contributed by atoms with Gasteiger partial charge < -0.3 is 15.0 Å². The fraction of sp³-hybridized carbons (Fsp3) is 0.357. The summed E-state index contributed by atoms with van der Waals surface area (Å²) in [7, 11) is 3.41. The lowest BCUT2D eigenvalue weighted by Crippen LogP contribution is -2.21. The van der Waals surface area contributed by atoms with Crippen LogP contribution in [-0.2, 0) is 13.5 Å². The highest BCUT2D eigenvalue weighted by Crippen LogP contribution is 2.20. The molecule has 0 fully saturated rings. The quantitative estimate of drug-likeness (QED) is 0.888. The number of methoxy groups -OCH3 is 1. The number of nitrogens with two attached hydrogens (primary N) is 1. The Labute approximate surface area is 106 Å². The minimum absolute atomic E-state index is 0.0456. The minimum Gasteiger partial charge on any atom is -0.497 e. The third-order valence-electron chi connectivity index (χ3n) is 3.16. The molecule has 0 unspecified atom stereocenters. The molecule has 2 aromatic rings. The predicted octanol–water partition coefficient (Wildman–Crippen LogP) is 1.44. The van der Waals surface area contributed by atoms with Gasteiger partial charge in [0.05, 0.1) is 12.6 Å². The van der Waals surface area contributed by atoms with E-state index < -0.39 is 0 Å². The first-order valence-electron chi connectivity index (χ1n) is 6.04. The fourth-order valence-electron chi connectivity index (χ4n) is 2.11. The molecule has 4 heteroatoms. The van der Waals surface area contributed by atoms with Crippen LogP contribution in [0.2, 0.25) is 0 Å². The van der Waals surface area contributed by atoms with Gasteiger partial charge in [0.2, 0.25) is 0 Å². The van der Waals surface area contributed by atoms with E-state index in [1.807, 2.05) is 24.3 Å². The number of aromatic nitrogens is 1. The second-order valence-corrected chi connectivity index (χ2v) is 4.35. The molecule has 4 nitrogen and oxygen atoms in total. The van der Waals surface area contributed by atoms with E-state index in [9.17, 15) is 4.79 Å². The van der Waals surface area contributed by atoms with E-state index in [1.165, 1.54) is 0 Å². The molecule has 0 radical (unpaired) electrons. The van der Waals surface area contributed by atoms with E-state index in [0.29, 0.717) is 6.54 Å². The highest BCUT2D eigenvalue weighted by Gasteiger charge is 2.07. The third kappa shape index (κ3) is 2.24. The largest absolute Gasteiger partial charge is 0.497 e. The lowest BCUT2D eigenvalue weighted by Gasteiger charge is -2.10. The molecule has 1 aromatic carbocycles. The second kappa shape index (κ2) is 5.23. The van der Waals surface area contributed by atoms with Crippen molar-refractivity contribution in [2.75, 3.05) is 13.7 Å². The molecule has 18 heavy (non-hydrogen) atoms. The maximum absolute atomic E-state index is 12.2. The number of rotatable bonds is 4. The molecule has 0 spiro atoms. The van der Waals surface area contributed by atoms with Gasteiger partial charge in [-0.15, -0.1) is 0 Å². The van der Waals surface area contributed by atoms with E-state index in [4.69, 9.17) is 10.5 Å². The van der Waals surface area contributed by atoms with Crippen LogP contribution in [0.4, 0.5) is 0 Å². The normalized spacial score (nSPS) is 10.8. The van der Waals surface area contributed by atoms with Crippen molar-refractivity contribution in [3.8, 4) is 5.75 Å². The molecule has 0 saturated heterocycles. The fourth-order valence-corrected chi connectivity index (χ4v) is 2.11. The molecule has 0 aliphatic heterocycles. The second-order valence-electron chi connectivity index (χ2n) is 4.35. The van der Waals surface area contributed by atoms with Crippen molar-refractivity contribution in [3.05, 3.63) is 40.2 Å². The monoisotopic (exact) mass is 246 g/mol. The van der Waals surface area contributed by atoms with Crippen LogP contribution >= 0.6 is 0 Å². The van der Waals surface area contributed by atoms with Crippen LogP contribution < -0.4 is 16.0 Å². The Bertz CT molecular complexity index is 617. The summed E-state index contributed by atoms with van der Waals surface area (Å²) in [4.78, 5) is 12.2. The smallest absolute Gasteiger partial charge is 0.253 e. The van der Waals surface area contributed by atoms with E-state index in [-0.39, 0.29) is 5.56 Å². The summed E-state index contributed by atoms with van der Waals surface area (Å²) in [6, 6.07) is 7.70. The number of fused-ring (bicyclic) bond motifs is 1. The zero-order chi connectivity index (χ0) is 13.1. The van der Waals surface area contributed by atoms with Crippen LogP contribution in [-0.4, -0.2) is 18.2 Å². The van der Waals surface area contributed by atoms with Crippen molar-refractivity contribution < 1.29 is 4.74 Å². The molecule has 2 rings (SSSR count). The molecule has 1 heterocycles. The van der Waals surface area contributed by atoms with Crippen LogP contribution in [0, 0.1) is 0 Å². The molecule has 0 saturated carbocycles. The summed E-state index contributed by atoms with van der Waals surface area (Å²) < 4.78 is 6.85.